The van der Waals surface area contributed by atoms with Gasteiger partial charge in [0.05, 0.1) is 13.2 Å². The van der Waals surface area contributed by atoms with E-state index in [0.717, 1.165) is 56.3 Å². The maximum Gasteiger partial charge on any atom is 0.315 e. The van der Waals surface area contributed by atoms with Gasteiger partial charge in [0, 0.05) is 32.2 Å². The molecule has 2 N–H and O–H groups in total. The van der Waals surface area contributed by atoms with Gasteiger partial charge in [-0.3, -0.25) is 4.90 Å². The number of nitrogens with one attached hydrogen (secondary N) is 2. The molecular formula is C17H25N3O4. The highest BCUT2D eigenvalue weighted by atomic mass is 16.7. The molecule has 1 atom stereocenters. The van der Waals surface area contributed by atoms with E-state index in [-0.39, 0.29) is 18.9 Å². The highest BCUT2D eigenvalue weighted by molar-refractivity contribution is 5.74. The van der Waals surface area contributed by atoms with Crippen LogP contribution < -0.4 is 20.1 Å². The van der Waals surface area contributed by atoms with E-state index >= 15 is 0 Å². The van der Waals surface area contributed by atoms with E-state index in [2.05, 4.69) is 15.5 Å². The maximum atomic E-state index is 12.0. The van der Waals surface area contributed by atoms with Crippen molar-refractivity contribution in [3.63, 3.8) is 0 Å². The van der Waals surface area contributed by atoms with Gasteiger partial charge in [-0.05, 0) is 31.0 Å². The Bertz CT molecular complexity index is 561. The van der Waals surface area contributed by atoms with Gasteiger partial charge < -0.3 is 24.8 Å². The van der Waals surface area contributed by atoms with Crippen molar-refractivity contribution in [3.05, 3.63) is 23.8 Å². The molecule has 0 radical (unpaired) electrons. The van der Waals surface area contributed by atoms with Crippen molar-refractivity contribution in [2.24, 2.45) is 0 Å². The summed E-state index contributed by atoms with van der Waals surface area (Å²) >= 11 is 0. The van der Waals surface area contributed by atoms with Crippen molar-refractivity contribution in [1.29, 1.82) is 0 Å². The Labute approximate surface area is 142 Å². The molecule has 2 heterocycles. The summed E-state index contributed by atoms with van der Waals surface area (Å²) < 4.78 is 16.0. The monoisotopic (exact) mass is 335 g/mol. The zero-order chi connectivity index (χ0) is 16.8. The third kappa shape index (κ3) is 4.75. The fourth-order valence-electron chi connectivity index (χ4n) is 2.91. The number of fused-ring (bicyclic) bond motifs is 1. The van der Waals surface area contributed by atoms with Gasteiger partial charge >= 0.3 is 6.03 Å². The van der Waals surface area contributed by atoms with Crippen LogP contribution >= 0.6 is 0 Å². The molecule has 1 aromatic carbocycles. The SMILES string of the molecule is C[C@H](CN1CCOCC1)NC(=O)NCCc1ccc2c(c1)OCO2. The molecule has 1 fully saturated rings. The first-order chi connectivity index (χ1) is 11.7. The summed E-state index contributed by atoms with van der Waals surface area (Å²) in [7, 11) is 0. The number of nitrogens with zero attached hydrogens (tertiary/aromatic N) is 1. The van der Waals surface area contributed by atoms with E-state index < -0.39 is 0 Å². The highest BCUT2D eigenvalue weighted by Crippen LogP contribution is 2.32. The van der Waals surface area contributed by atoms with Gasteiger partial charge in [-0.1, -0.05) is 6.07 Å². The Morgan fingerprint density at radius 1 is 1.25 bits per heavy atom. The first-order valence-corrected chi connectivity index (χ1v) is 8.44. The number of carbonyl (C=O) groups excluding carboxylic acids is 1. The molecule has 2 aliphatic heterocycles. The lowest BCUT2D eigenvalue weighted by Crippen LogP contribution is -2.48. The molecule has 0 aromatic heterocycles. The fourth-order valence-corrected chi connectivity index (χ4v) is 2.91. The molecule has 1 saturated heterocycles. The summed E-state index contributed by atoms with van der Waals surface area (Å²) in [5.41, 5.74) is 1.11. The summed E-state index contributed by atoms with van der Waals surface area (Å²) in [5.74, 6) is 1.55. The Balaban J connectivity index is 1.34. The van der Waals surface area contributed by atoms with Crippen LogP contribution in [0.5, 0.6) is 11.5 Å². The summed E-state index contributed by atoms with van der Waals surface area (Å²) in [6.45, 7) is 7.13. The van der Waals surface area contributed by atoms with E-state index in [0.29, 0.717) is 6.54 Å². The minimum absolute atomic E-state index is 0.105. The Morgan fingerprint density at radius 2 is 2.04 bits per heavy atom. The van der Waals surface area contributed by atoms with Gasteiger partial charge in [-0.2, -0.15) is 0 Å². The van der Waals surface area contributed by atoms with Crippen molar-refractivity contribution in [2.45, 2.75) is 19.4 Å². The van der Waals surface area contributed by atoms with Crippen molar-refractivity contribution in [3.8, 4) is 11.5 Å². The fraction of sp³-hybridized carbons (Fsp3) is 0.588. The molecule has 0 aliphatic carbocycles. The molecule has 2 amide bonds. The zero-order valence-corrected chi connectivity index (χ0v) is 14.0. The third-order valence-electron chi connectivity index (χ3n) is 4.15. The molecular weight excluding hydrogens is 310 g/mol. The van der Waals surface area contributed by atoms with Crippen LogP contribution in [0.25, 0.3) is 0 Å². The van der Waals surface area contributed by atoms with Crippen LogP contribution in [0.3, 0.4) is 0 Å². The molecule has 3 rings (SSSR count). The summed E-state index contributed by atoms with van der Waals surface area (Å²) in [5, 5.41) is 5.88. The van der Waals surface area contributed by atoms with Crippen LogP contribution in [0.15, 0.2) is 18.2 Å². The van der Waals surface area contributed by atoms with Crippen LogP contribution in [0.4, 0.5) is 4.79 Å². The molecule has 1 aromatic rings. The summed E-state index contributed by atoms with van der Waals surface area (Å²) in [6, 6.07) is 5.84. The maximum absolute atomic E-state index is 12.0. The molecule has 7 nitrogen and oxygen atoms in total. The van der Waals surface area contributed by atoms with E-state index in [4.69, 9.17) is 14.2 Å². The largest absolute Gasteiger partial charge is 0.454 e. The second-order valence-electron chi connectivity index (χ2n) is 6.15. The smallest absolute Gasteiger partial charge is 0.315 e. The van der Waals surface area contributed by atoms with Gasteiger partial charge in [-0.25, -0.2) is 4.79 Å². The number of hydrogen-bond acceptors (Lipinski definition) is 5. The average Bonchev–Trinajstić information content (AvgIpc) is 3.03. The average molecular weight is 335 g/mol. The predicted molar refractivity (Wildman–Crippen MR) is 89.5 cm³/mol. The van der Waals surface area contributed by atoms with Crippen LogP contribution in [-0.4, -0.2) is 63.2 Å². The lowest BCUT2D eigenvalue weighted by Gasteiger charge is -2.29. The summed E-state index contributed by atoms with van der Waals surface area (Å²) in [4.78, 5) is 14.3. The second kappa shape index (κ2) is 8.21. The van der Waals surface area contributed by atoms with E-state index in [1.807, 2.05) is 25.1 Å². The van der Waals surface area contributed by atoms with E-state index in [9.17, 15) is 4.79 Å². The van der Waals surface area contributed by atoms with Crippen LogP contribution in [0, 0.1) is 0 Å². The number of hydrogen-bond donors (Lipinski definition) is 2. The van der Waals surface area contributed by atoms with Crippen LogP contribution in [0.1, 0.15) is 12.5 Å². The number of rotatable bonds is 6. The second-order valence-corrected chi connectivity index (χ2v) is 6.15. The zero-order valence-electron chi connectivity index (χ0n) is 14.0. The van der Waals surface area contributed by atoms with Crippen molar-refractivity contribution >= 4 is 6.03 Å². The van der Waals surface area contributed by atoms with Gasteiger partial charge in [0.15, 0.2) is 11.5 Å². The minimum Gasteiger partial charge on any atom is -0.454 e. The molecule has 132 valence electrons. The molecule has 0 spiro atoms. The quantitative estimate of drug-likeness (QED) is 0.811. The number of urea groups is 1. The standard InChI is InChI=1S/C17H25N3O4/c1-13(11-20-6-8-22-9-7-20)19-17(21)18-5-4-14-2-3-15-16(10-14)24-12-23-15/h2-3,10,13H,4-9,11-12H2,1H3,(H2,18,19,21)/t13-/m1/s1. The molecule has 0 unspecified atom stereocenters. The first kappa shape index (κ1) is 16.9. The Kier molecular flexibility index (Phi) is 5.77. The van der Waals surface area contributed by atoms with Crippen molar-refractivity contribution < 1.29 is 19.0 Å². The topological polar surface area (TPSA) is 72.1 Å². The Morgan fingerprint density at radius 3 is 2.88 bits per heavy atom. The van der Waals surface area contributed by atoms with Crippen molar-refractivity contribution in [2.75, 3.05) is 46.2 Å². The minimum atomic E-state index is -0.128. The first-order valence-electron chi connectivity index (χ1n) is 8.44. The number of amides is 2. The Hall–Kier alpha value is -1.99. The number of ether oxygens (including phenoxy) is 3. The lowest BCUT2D eigenvalue weighted by molar-refractivity contribution is 0.0349. The number of morpholine rings is 1. The van der Waals surface area contributed by atoms with Crippen LogP contribution in [-0.2, 0) is 11.2 Å². The van der Waals surface area contributed by atoms with Gasteiger partial charge in [0.1, 0.15) is 0 Å². The number of benzene rings is 1. The van der Waals surface area contributed by atoms with E-state index in [1.54, 1.807) is 0 Å². The molecule has 0 bridgehead atoms. The highest BCUT2D eigenvalue weighted by Gasteiger charge is 2.15. The van der Waals surface area contributed by atoms with Gasteiger partial charge in [0.25, 0.3) is 0 Å². The van der Waals surface area contributed by atoms with E-state index in [1.165, 1.54) is 0 Å². The molecule has 2 aliphatic rings. The van der Waals surface area contributed by atoms with Crippen LogP contribution in [0.2, 0.25) is 0 Å². The van der Waals surface area contributed by atoms with Gasteiger partial charge in [0.2, 0.25) is 6.79 Å². The third-order valence-corrected chi connectivity index (χ3v) is 4.15. The molecule has 24 heavy (non-hydrogen) atoms. The predicted octanol–water partition coefficient (Wildman–Crippen LogP) is 0.978. The molecule has 0 saturated carbocycles. The van der Waals surface area contributed by atoms with Gasteiger partial charge in [-0.15, -0.1) is 0 Å². The lowest BCUT2D eigenvalue weighted by atomic mass is 10.1. The molecule has 7 heteroatoms. The van der Waals surface area contributed by atoms with Crippen molar-refractivity contribution in [1.82, 2.24) is 15.5 Å². The summed E-state index contributed by atoms with van der Waals surface area (Å²) in [6.07, 6.45) is 0.752. The number of carbonyl (C=O) groups is 1. The normalized spacial score (nSPS) is 18.2.